The van der Waals surface area contributed by atoms with E-state index in [4.69, 9.17) is 9.52 Å². The number of carboxylic acid groups (broad SMARTS) is 1. The van der Waals surface area contributed by atoms with Gasteiger partial charge in [-0.2, -0.15) is 0 Å². The Bertz CT molecular complexity index is 394. The number of nitrogens with one attached hydrogen (secondary N) is 1. The maximum absolute atomic E-state index is 11.6. The lowest BCUT2D eigenvalue weighted by atomic mass is 10.1. The third-order valence-electron chi connectivity index (χ3n) is 2.43. The van der Waals surface area contributed by atoms with Crippen molar-refractivity contribution in [2.75, 3.05) is 0 Å². The summed E-state index contributed by atoms with van der Waals surface area (Å²) in [6.45, 7) is 5.84. The minimum absolute atomic E-state index is 0.00544. The van der Waals surface area contributed by atoms with E-state index in [1.165, 1.54) is 6.07 Å². The summed E-state index contributed by atoms with van der Waals surface area (Å²) in [5.41, 5.74) is -0.0256. The first-order valence-electron chi connectivity index (χ1n) is 5.04. The Morgan fingerprint density at radius 3 is 2.44 bits per heavy atom. The molecule has 5 nitrogen and oxygen atoms in total. The minimum Gasteiger partial charge on any atom is -0.478 e. The van der Waals surface area contributed by atoms with Gasteiger partial charge in [-0.3, -0.25) is 4.79 Å². The van der Waals surface area contributed by atoms with E-state index in [9.17, 15) is 9.59 Å². The fraction of sp³-hybridized carbons (Fsp3) is 0.455. The summed E-state index contributed by atoms with van der Waals surface area (Å²) in [6, 6.07) is 1.22. The molecule has 5 heteroatoms. The molecular weight excluding hydrogens is 210 g/mol. The maximum Gasteiger partial charge on any atom is 0.338 e. The molecule has 1 amide bonds. The van der Waals surface area contributed by atoms with Crippen molar-refractivity contribution in [1.29, 1.82) is 0 Å². The standard InChI is InChI=1S/C11H15NO4/c1-6(2)7(3)12-10(13)9-4-8(5-16-9)11(14)15/h4-7H,1-3H3,(H,12,13)(H,14,15). The van der Waals surface area contributed by atoms with Crippen molar-refractivity contribution in [2.24, 2.45) is 5.92 Å². The average Bonchev–Trinajstić information content (AvgIpc) is 2.65. The van der Waals surface area contributed by atoms with Gasteiger partial charge in [0.2, 0.25) is 0 Å². The fourth-order valence-corrected chi connectivity index (χ4v) is 1.01. The quantitative estimate of drug-likeness (QED) is 0.818. The normalized spacial score (nSPS) is 12.5. The summed E-state index contributed by atoms with van der Waals surface area (Å²) in [5.74, 6) is -1.18. The van der Waals surface area contributed by atoms with E-state index >= 15 is 0 Å². The molecular formula is C11H15NO4. The van der Waals surface area contributed by atoms with Gasteiger partial charge in [0, 0.05) is 12.1 Å². The lowest BCUT2D eigenvalue weighted by Gasteiger charge is -2.16. The molecule has 0 aliphatic carbocycles. The van der Waals surface area contributed by atoms with Gasteiger partial charge in [0.1, 0.15) is 6.26 Å². The third kappa shape index (κ3) is 2.85. The van der Waals surface area contributed by atoms with Gasteiger partial charge in [-0.05, 0) is 12.8 Å². The van der Waals surface area contributed by atoms with Crippen LogP contribution in [0.5, 0.6) is 0 Å². The highest BCUT2D eigenvalue weighted by Crippen LogP contribution is 2.09. The van der Waals surface area contributed by atoms with E-state index in [2.05, 4.69) is 5.32 Å². The lowest BCUT2D eigenvalue weighted by molar-refractivity contribution is 0.0695. The first kappa shape index (κ1) is 12.3. The number of carbonyl (C=O) groups excluding carboxylic acids is 1. The van der Waals surface area contributed by atoms with Crippen LogP contribution in [0.25, 0.3) is 0 Å². The minimum atomic E-state index is -1.11. The zero-order valence-electron chi connectivity index (χ0n) is 9.48. The Morgan fingerprint density at radius 2 is 2.00 bits per heavy atom. The van der Waals surface area contributed by atoms with Crippen LogP contribution in [0, 0.1) is 5.92 Å². The lowest BCUT2D eigenvalue weighted by Crippen LogP contribution is -2.35. The Morgan fingerprint density at radius 1 is 1.38 bits per heavy atom. The van der Waals surface area contributed by atoms with E-state index in [0.29, 0.717) is 5.92 Å². The van der Waals surface area contributed by atoms with Gasteiger partial charge < -0.3 is 14.8 Å². The largest absolute Gasteiger partial charge is 0.478 e. The zero-order valence-corrected chi connectivity index (χ0v) is 9.48. The first-order valence-corrected chi connectivity index (χ1v) is 5.04. The number of hydrogen-bond donors (Lipinski definition) is 2. The van der Waals surface area contributed by atoms with E-state index in [1.54, 1.807) is 0 Å². The van der Waals surface area contributed by atoms with Crippen molar-refractivity contribution in [3.63, 3.8) is 0 Å². The predicted molar refractivity (Wildman–Crippen MR) is 57.4 cm³/mol. The number of amides is 1. The molecule has 0 fully saturated rings. The molecule has 0 radical (unpaired) electrons. The van der Waals surface area contributed by atoms with E-state index in [-0.39, 0.29) is 17.4 Å². The van der Waals surface area contributed by atoms with Crippen LogP contribution < -0.4 is 5.32 Å². The SMILES string of the molecule is CC(C)C(C)NC(=O)c1cc(C(=O)O)co1. The fourth-order valence-electron chi connectivity index (χ4n) is 1.01. The van der Waals surface area contributed by atoms with Crippen LogP contribution in [-0.2, 0) is 0 Å². The number of aromatic carboxylic acids is 1. The highest BCUT2D eigenvalue weighted by atomic mass is 16.4. The van der Waals surface area contributed by atoms with E-state index in [1.807, 2.05) is 20.8 Å². The van der Waals surface area contributed by atoms with E-state index < -0.39 is 11.9 Å². The molecule has 1 rings (SSSR count). The molecule has 1 aromatic rings. The van der Waals surface area contributed by atoms with Crippen LogP contribution in [0.15, 0.2) is 16.7 Å². The Kier molecular flexibility index (Phi) is 3.71. The Balaban J connectivity index is 2.70. The summed E-state index contributed by atoms with van der Waals surface area (Å²) in [6.07, 6.45) is 1.05. The van der Waals surface area contributed by atoms with Gasteiger partial charge in [-0.25, -0.2) is 4.79 Å². The van der Waals surface area contributed by atoms with Crippen molar-refractivity contribution in [1.82, 2.24) is 5.32 Å². The van der Waals surface area contributed by atoms with Crippen LogP contribution in [-0.4, -0.2) is 23.0 Å². The van der Waals surface area contributed by atoms with Gasteiger partial charge >= 0.3 is 5.97 Å². The van der Waals surface area contributed by atoms with Crippen molar-refractivity contribution in [2.45, 2.75) is 26.8 Å². The van der Waals surface area contributed by atoms with Gasteiger partial charge in [-0.15, -0.1) is 0 Å². The second kappa shape index (κ2) is 4.83. The molecule has 0 spiro atoms. The molecule has 0 aromatic carbocycles. The molecule has 1 aromatic heterocycles. The predicted octanol–water partition coefficient (Wildman–Crippen LogP) is 1.75. The molecule has 0 bridgehead atoms. The smallest absolute Gasteiger partial charge is 0.338 e. The summed E-state index contributed by atoms with van der Waals surface area (Å²) in [7, 11) is 0. The van der Waals surface area contributed by atoms with Crippen molar-refractivity contribution in [3.05, 3.63) is 23.7 Å². The molecule has 0 saturated heterocycles. The summed E-state index contributed by atoms with van der Waals surface area (Å²) < 4.78 is 4.88. The van der Waals surface area contributed by atoms with Gasteiger partial charge in [0.05, 0.1) is 5.56 Å². The highest BCUT2D eigenvalue weighted by molar-refractivity contribution is 5.95. The maximum atomic E-state index is 11.6. The Labute approximate surface area is 93.4 Å². The number of carboxylic acids is 1. The van der Waals surface area contributed by atoms with Crippen LogP contribution in [0.2, 0.25) is 0 Å². The topological polar surface area (TPSA) is 79.5 Å². The molecule has 16 heavy (non-hydrogen) atoms. The zero-order chi connectivity index (χ0) is 12.3. The van der Waals surface area contributed by atoms with Crippen LogP contribution >= 0.6 is 0 Å². The molecule has 1 atom stereocenters. The molecule has 88 valence electrons. The van der Waals surface area contributed by atoms with Crippen LogP contribution in [0.1, 0.15) is 41.7 Å². The van der Waals surface area contributed by atoms with E-state index in [0.717, 1.165) is 6.26 Å². The van der Waals surface area contributed by atoms with Crippen LogP contribution in [0.3, 0.4) is 0 Å². The second-order valence-electron chi connectivity index (χ2n) is 4.01. The van der Waals surface area contributed by atoms with Crippen molar-refractivity contribution < 1.29 is 19.1 Å². The molecule has 1 unspecified atom stereocenters. The molecule has 0 aliphatic rings. The van der Waals surface area contributed by atoms with Crippen molar-refractivity contribution >= 4 is 11.9 Å². The van der Waals surface area contributed by atoms with Crippen molar-refractivity contribution in [3.8, 4) is 0 Å². The molecule has 0 saturated carbocycles. The van der Waals surface area contributed by atoms with Gasteiger partial charge in [0.25, 0.3) is 5.91 Å². The summed E-state index contributed by atoms with van der Waals surface area (Å²) in [5, 5.41) is 11.4. The first-order chi connectivity index (χ1) is 7.41. The number of hydrogen-bond acceptors (Lipinski definition) is 3. The van der Waals surface area contributed by atoms with Gasteiger partial charge in [-0.1, -0.05) is 13.8 Å². The second-order valence-corrected chi connectivity index (χ2v) is 4.01. The summed E-state index contributed by atoms with van der Waals surface area (Å²) >= 11 is 0. The summed E-state index contributed by atoms with van der Waals surface area (Å²) in [4.78, 5) is 22.2. The highest BCUT2D eigenvalue weighted by Gasteiger charge is 2.17. The Hall–Kier alpha value is -1.78. The molecule has 0 aliphatic heterocycles. The number of furan rings is 1. The monoisotopic (exact) mass is 225 g/mol. The number of carbonyl (C=O) groups is 2. The molecule has 2 N–H and O–H groups in total. The number of rotatable bonds is 4. The third-order valence-corrected chi connectivity index (χ3v) is 2.43. The van der Waals surface area contributed by atoms with Crippen LogP contribution in [0.4, 0.5) is 0 Å². The molecule has 1 heterocycles. The van der Waals surface area contributed by atoms with Gasteiger partial charge in [0.15, 0.2) is 5.76 Å². The average molecular weight is 225 g/mol.